The number of nitrogens with zero attached hydrogens (tertiary/aromatic N) is 1. The fraction of sp³-hybridized carbons (Fsp3) is 0.312. The second kappa shape index (κ2) is 7.98. The van der Waals surface area contributed by atoms with Crippen LogP contribution in [0.4, 0.5) is 0 Å². The molecule has 0 aromatic heterocycles. The Kier molecular flexibility index (Phi) is 6.15. The zero-order valence-corrected chi connectivity index (χ0v) is 10.6. The minimum atomic E-state index is -0.299. The number of rotatable bonds is 5. The molecule has 1 unspecified atom stereocenters. The lowest BCUT2D eigenvalue weighted by atomic mass is 10.1. The average Bonchev–Trinajstić information content (AvgIpc) is 2.42. The highest BCUT2D eigenvalue weighted by atomic mass is 16.5. The van der Waals surface area contributed by atoms with Crippen LogP contribution in [0.2, 0.25) is 0 Å². The van der Waals surface area contributed by atoms with Gasteiger partial charge in [0.15, 0.2) is 6.10 Å². The van der Waals surface area contributed by atoms with E-state index in [9.17, 15) is 0 Å². The molecule has 0 radical (unpaired) electrons. The summed E-state index contributed by atoms with van der Waals surface area (Å²) in [5, 5.41) is 8.75. The predicted molar refractivity (Wildman–Crippen MR) is 72.5 cm³/mol. The van der Waals surface area contributed by atoms with Crippen LogP contribution in [0.25, 0.3) is 0 Å². The molecule has 0 N–H and O–H groups in total. The summed E-state index contributed by atoms with van der Waals surface area (Å²) in [4.78, 5) is 0. The minimum Gasteiger partial charge on any atom is -0.481 e. The first-order valence-corrected chi connectivity index (χ1v) is 6.06. The van der Waals surface area contributed by atoms with Crippen LogP contribution in [0.3, 0.4) is 0 Å². The molecular weight excluding hydrogens is 222 g/mol. The van der Waals surface area contributed by atoms with E-state index in [2.05, 4.69) is 31.4 Å². The highest BCUT2D eigenvalue weighted by molar-refractivity contribution is 5.34. The molecule has 1 aromatic carbocycles. The van der Waals surface area contributed by atoms with Crippen molar-refractivity contribution in [3.63, 3.8) is 0 Å². The van der Waals surface area contributed by atoms with Crippen molar-refractivity contribution in [2.75, 3.05) is 0 Å². The first-order valence-electron chi connectivity index (χ1n) is 6.06. The lowest BCUT2D eigenvalue weighted by Crippen LogP contribution is -1.97. The van der Waals surface area contributed by atoms with Gasteiger partial charge in [0.25, 0.3) is 0 Å². The summed E-state index contributed by atoms with van der Waals surface area (Å²) >= 11 is 0. The Morgan fingerprint density at radius 2 is 2.11 bits per heavy atom. The number of unbranched alkanes of at least 4 members (excludes halogenated alkanes) is 2. The van der Waals surface area contributed by atoms with E-state index in [0.717, 1.165) is 24.8 Å². The summed E-state index contributed by atoms with van der Waals surface area (Å²) in [7, 11) is 0. The molecule has 0 saturated carbocycles. The van der Waals surface area contributed by atoms with Gasteiger partial charge in [-0.15, -0.1) is 0 Å². The van der Waals surface area contributed by atoms with Crippen molar-refractivity contribution >= 4 is 0 Å². The van der Waals surface area contributed by atoms with Gasteiger partial charge < -0.3 is 4.74 Å². The van der Waals surface area contributed by atoms with Gasteiger partial charge in [-0.3, -0.25) is 0 Å². The fourth-order valence-electron chi connectivity index (χ4n) is 1.45. The highest BCUT2D eigenvalue weighted by Gasteiger charge is 2.07. The smallest absolute Gasteiger partial charge is 0.183 e. The van der Waals surface area contributed by atoms with Crippen molar-refractivity contribution in [2.24, 2.45) is 0 Å². The van der Waals surface area contributed by atoms with E-state index in [0.29, 0.717) is 5.56 Å². The molecule has 2 heteroatoms. The zero-order chi connectivity index (χ0) is 13.2. The SMILES string of the molecule is C=COC(C#CCCCC)c1ccc(C#N)cc1. The first kappa shape index (κ1) is 13.9. The standard InChI is InChI=1S/C16H17NO/c1-3-5-6-7-8-16(18-4-2)15-11-9-14(13-17)10-12-15/h4,9-12,16H,2-3,5-6H2,1H3. The fourth-order valence-corrected chi connectivity index (χ4v) is 1.45. The number of hydrogen-bond acceptors (Lipinski definition) is 2. The Balaban J connectivity index is 2.78. The molecule has 0 amide bonds. The second-order valence-electron chi connectivity index (χ2n) is 3.84. The maximum absolute atomic E-state index is 8.75. The number of nitriles is 1. The van der Waals surface area contributed by atoms with Gasteiger partial charge in [-0.25, -0.2) is 0 Å². The van der Waals surface area contributed by atoms with Crippen LogP contribution in [0.1, 0.15) is 43.4 Å². The first-order chi connectivity index (χ1) is 8.81. The van der Waals surface area contributed by atoms with Crippen molar-refractivity contribution in [3.05, 3.63) is 48.2 Å². The van der Waals surface area contributed by atoms with Crippen LogP contribution in [-0.4, -0.2) is 0 Å². The molecule has 0 heterocycles. The van der Waals surface area contributed by atoms with Gasteiger partial charge >= 0.3 is 0 Å². The van der Waals surface area contributed by atoms with Gasteiger partial charge in [0.1, 0.15) is 0 Å². The van der Waals surface area contributed by atoms with E-state index in [4.69, 9.17) is 10.00 Å². The minimum absolute atomic E-state index is 0.299. The Labute approximate surface area is 109 Å². The average molecular weight is 239 g/mol. The maximum atomic E-state index is 8.75. The van der Waals surface area contributed by atoms with Crippen LogP contribution < -0.4 is 0 Å². The van der Waals surface area contributed by atoms with E-state index < -0.39 is 0 Å². The third-order valence-corrected chi connectivity index (χ3v) is 2.46. The molecule has 0 fully saturated rings. The molecule has 92 valence electrons. The van der Waals surface area contributed by atoms with Gasteiger partial charge in [0.2, 0.25) is 0 Å². The third-order valence-electron chi connectivity index (χ3n) is 2.46. The van der Waals surface area contributed by atoms with Crippen molar-refractivity contribution in [1.82, 2.24) is 0 Å². The molecule has 1 atom stereocenters. The summed E-state index contributed by atoms with van der Waals surface area (Å²) in [6.07, 6.45) is 4.22. The molecule has 0 saturated heterocycles. The van der Waals surface area contributed by atoms with Crippen molar-refractivity contribution in [1.29, 1.82) is 5.26 Å². The monoisotopic (exact) mass is 239 g/mol. The summed E-state index contributed by atoms with van der Waals surface area (Å²) < 4.78 is 5.39. The van der Waals surface area contributed by atoms with Crippen LogP contribution in [-0.2, 0) is 4.74 Å². The van der Waals surface area contributed by atoms with Gasteiger partial charge in [0.05, 0.1) is 17.9 Å². The normalized spacial score (nSPS) is 10.7. The Morgan fingerprint density at radius 1 is 1.39 bits per heavy atom. The van der Waals surface area contributed by atoms with Crippen LogP contribution in [0, 0.1) is 23.2 Å². The summed E-state index contributed by atoms with van der Waals surface area (Å²) in [6.45, 7) is 5.70. The molecule has 2 nitrogen and oxygen atoms in total. The largest absolute Gasteiger partial charge is 0.481 e. The second-order valence-corrected chi connectivity index (χ2v) is 3.84. The Bertz CT molecular complexity index is 471. The number of hydrogen-bond donors (Lipinski definition) is 0. The Hall–Kier alpha value is -2.19. The molecule has 0 aliphatic heterocycles. The quantitative estimate of drug-likeness (QED) is 0.443. The van der Waals surface area contributed by atoms with Crippen LogP contribution >= 0.6 is 0 Å². The zero-order valence-electron chi connectivity index (χ0n) is 10.6. The van der Waals surface area contributed by atoms with Gasteiger partial charge in [-0.1, -0.05) is 43.9 Å². The lowest BCUT2D eigenvalue weighted by molar-refractivity contribution is 0.199. The van der Waals surface area contributed by atoms with Gasteiger partial charge in [0, 0.05) is 12.0 Å². The Morgan fingerprint density at radius 3 is 2.67 bits per heavy atom. The number of ether oxygens (including phenoxy) is 1. The van der Waals surface area contributed by atoms with E-state index in [-0.39, 0.29) is 6.10 Å². The summed E-state index contributed by atoms with van der Waals surface area (Å²) in [6, 6.07) is 9.35. The number of benzene rings is 1. The summed E-state index contributed by atoms with van der Waals surface area (Å²) in [5.74, 6) is 6.19. The van der Waals surface area contributed by atoms with Gasteiger partial charge in [-0.2, -0.15) is 5.26 Å². The van der Waals surface area contributed by atoms with Gasteiger partial charge in [-0.05, 0) is 18.6 Å². The topological polar surface area (TPSA) is 33.0 Å². The molecular formula is C16H17NO. The van der Waals surface area contributed by atoms with Crippen molar-refractivity contribution in [3.8, 4) is 17.9 Å². The molecule has 0 spiro atoms. The highest BCUT2D eigenvalue weighted by Crippen LogP contribution is 2.17. The van der Waals surface area contributed by atoms with Crippen LogP contribution in [0.5, 0.6) is 0 Å². The third kappa shape index (κ3) is 4.36. The molecule has 1 rings (SSSR count). The predicted octanol–water partition coefficient (Wildman–Crippen LogP) is 3.95. The van der Waals surface area contributed by atoms with E-state index in [1.165, 1.54) is 6.26 Å². The van der Waals surface area contributed by atoms with Crippen LogP contribution in [0.15, 0.2) is 37.1 Å². The molecule has 0 bridgehead atoms. The molecule has 0 aliphatic carbocycles. The molecule has 1 aromatic rings. The summed E-state index contributed by atoms with van der Waals surface area (Å²) in [5.41, 5.74) is 1.58. The van der Waals surface area contributed by atoms with E-state index in [1.54, 1.807) is 12.1 Å². The van der Waals surface area contributed by atoms with E-state index >= 15 is 0 Å². The van der Waals surface area contributed by atoms with Crippen molar-refractivity contribution < 1.29 is 4.74 Å². The molecule has 0 aliphatic rings. The van der Waals surface area contributed by atoms with E-state index in [1.807, 2.05) is 12.1 Å². The maximum Gasteiger partial charge on any atom is 0.183 e. The molecule has 18 heavy (non-hydrogen) atoms. The van der Waals surface area contributed by atoms with Crippen molar-refractivity contribution in [2.45, 2.75) is 32.3 Å². The lowest BCUT2D eigenvalue weighted by Gasteiger charge is -2.10.